The average Bonchev–Trinajstić information content (AvgIpc) is 3.37. The molecular formula is C26H30ClFN8O4S. The molecule has 0 aliphatic rings. The van der Waals surface area contributed by atoms with Crippen LogP contribution in [0.2, 0.25) is 5.02 Å². The van der Waals surface area contributed by atoms with Crippen LogP contribution in [0.25, 0.3) is 10.2 Å². The molecule has 41 heavy (non-hydrogen) atoms. The first-order valence-corrected chi connectivity index (χ1v) is 13.8. The number of aliphatic hydroxyl groups excluding tert-OH is 1. The summed E-state index contributed by atoms with van der Waals surface area (Å²) < 4.78 is 20.1. The Morgan fingerprint density at radius 1 is 1.22 bits per heavy atom. The molecule has 15 heteroatoms. The number of thiazole rings is 1. The quantitative estimate of drug-likeness (QED) is 0.0905. The minimum absolute atomic E-state index is 0.00248. The lowest BCUT2D eigenvalue weighted by Gasteiger charge is -2.28. The lowest BCUT2D eigenvalue weighted by molar-refractivity contribution is 0.113. The molecule has 0 bridgehead atoms. The van der Waals surface area contributed by atoms with Crippen LogP contribution in [0.4, 0.5) is 19.1 Å². The van der Waals surface area contributed by atoms with E-state index in [0.717, 1.165) is 10.2 Å². The molecule has 1 heterocycles. The number of fused-ring (bicyclic) bond motifs is 1. The molecule has 0 saturated carbocycles. The van der Waals surface area contributed by atoms with Crippen LogP contribution in [0.3, 0.4) is 0 Å². The number of ether oxygens (including phenoxy) is 1. The second-order valence-corrected chi connectivity index (χ2v) is 10.0. The predicted octanol–water partition coefficient (Wildman–Crippen LogP) is 3.64. The van der Waals surface area contributed by atoms with E-state index in [9.17, 15) is 14.0 Å². The van der Waals surface area contributed by atoms with E-state index in [0.29, 0.717) is 30.1 Å². The first kappa shape index (κ1) is 31.3. The Bertz CT molecular complexity index is 1370. The van der Waals surface area contributed by atoms with Crippen molar-refractivity contribution in [1.82, 2.24) is 25.8 Å². The molecule has 3 rings (SSSR count). The molecule has 0 radical (unpaired) electrons. The zero-order chi connectivity index (χ0) is 29.6. The second kappa shape index (κ2) is 16.2. The molecule has 0 unspecified atom stereocenters. The summed E-state index contributed by atoms with van der Waals surface area (Å²) >= 11 is 7.30. The molecule has 0 saturated heterocycles. The van der Waals surface area contributed by atoms with Crippen LogP contribution in [0.15, 0.2) is 47.5 Å². The molecule has 1 atom stereocenters. The number of nitrogens with zero attached hydrogens (tertiary/aromatic N) is 4. The number of guanidine groups is 1. The summed E-state index contributed by atoms with van der Waals surface area (Å²) in [4.78, 5) is 34.8. The number of nitriles is 1. The highest BCUT2D eigenvalue weighted by Crippen LogP contribution is 2.25. The number of aromatic nitrogens is 1. The fourth-order valence-electron chi connectivity index (χ4n) is 3.67. The SMILES string of the molecule is CN(C(=O)NCc1cccc(F)c1Cl)[C@@H](CCCN/C(=N\C#N)NCCO)COC(=O)Nc1nc2ccccc2s1. The third-order valence-corrected chi connectivity index (χ3v) is 7.19. The Morgan fingerprint density at radius 3 is 2.76 bits per heavy atom. The maximum Gasteiger partial charge on any atom is 0.413 e. The molecule has 218 valence electrons. The number of hydrogen-bond donors (Lipinski definition) is 5. The number of hydrogen-bond acceptors (Lipinski definition) is 8. The van der Waals surface area contributed by atoms with E-state index in [4.69, 9.17) is 26.7 Å². The topological polar surface area (TPSA) is 164 Å². The number of benzene rings is 2. The number of carbonyl (C=O) groups excluding carboxylic acids is 2. The molecular weight excluding hydrogens is 575 g/mol. The van der Waals surface area contributed by atoms with Crippen LogP contribution in [0.1, 0.15) is 18.4 Å². The van der Waals surface area contributed by atoms with Crippen molar-refractivity contribution in [2.45, 2.75) is 25.4 Å². The molecule has 0 fully saturated rings. The van der Waals surface area contributed by atoms with Gasteiger partial charge in [0.25, 0.3) is 0 Å². The van der Waals surface area contributed by atoms with E-state index in [-0.39, 0.29) is 37.3 Å². The molecule has 0 aliphatic heterocycles. The number of likely N-dealkylation sites (N-methyl/N-ethyl adjacent to an activating group) is 1. The summed E-state index contributed by atoms with van der Waals surface area (Å²) in [7, 11) is 1.56. The van der Waals surface area contributed by atoms with Gasteiger partial charge in [-0.15, -0.1) is 4.99 Å². The first-order chi connectivity index (χ1) is 19.8. The van der Waals surface area contributed by atoms with Crippen molar-refractivity contribution < 1.29 is 23.8 Å². The van der Waals surface area contributed by atoms with Gasteiger partial charge in [-0.25, -0.2) is 19.0 Å². The Labute approximate surface area is 245 Å². The van der Waals surface area contributed by atoms with Gasteiger partial charge in [0.15, 0.2) is 5.13 Å². The normalized spacial score (nSPS) is 11.8. The largest absolute Gasteiger partial charge is 0.447 e. The fraction of sp³-hybridized carbons (Fsp3) is 0.346. The zero-order valence-electron chi connectivity index (χ0n) is 22.2. The van der Waals surface area contributed by atoms with Crippen molar-refractivity contribution in [3.05, 3.63) is 58.9 Å². The number of aliphatic imine (C=N–C) groups is 1. The third-order valence-electron chi connectivity index (χ3n) is 5.81. The number of carbonyl (C=O) groups is 2. The van der Waals surface area contributed by atoms with E-state index in [1.54, 1.807) is 19.3 Å². The highest BCUT2D eigenvalue weighted by atomic mass is 35.5. The van der Waals surface area contributed by atoms with Crippen molar-refractivity contribution in [2.24, 2.45) is 4.99 Å². The lowest BCUT2D eigenvalue weighted by atomic mass is 10.1. The summed E-state index contributed by atoms with van der Waals surface area (Å²) in [6.45, 7) is 0.333. The molecule has 12 nitrogen and oxygen atoms in total. The average molecular weight is 605 g/mol. The summed E-state index contributed by atoms with van der Waals surface area (Å²) in [5.41, 5.74) is 1.17. The van der Waals surface area contributed by atoms with Crippen LogP contribution in [0.5, 0.6) is 0 Å². The Kier molecular flexibility index (Phi) is 12.4. The van der Waals surface area contributed by atoms with Crippen LogP contribution in [-0.4, -0.2) is 72.5 Å². The Hall–Kier alpha value is -4.19. The van der Waals surface area contributed by atoms with Gasteiger partial charge in [-0.3, -0.25) is 5.32 Å². The van der Waals surface area contributed by atoms with Gasteiger partial charge in [-0.05, 0) is 36.6 Å². The van der Waals surface area contributed by atoms with Crippen molar-refractivity contribution in [1.29, 1.82) is 5.26 Å². The molecule has 3 aromatic rings. The number of anilines is 1. The van der Waals surface area contributed by atoms with Crippen molar-refractivity contribution >= 4 is 56.4 Å². The standard InChI is InChI=1S/C26H30ClFN8O4S/c1-36(25(38)32-14-17-6-4-8-19(28)22(17)27)18(7-5-11-30-23(33-16-29)31-12-13-37)15-40-26(39)35-24-34-20-9-2-3-10-21(20)41-24/h2-4,6,8-10,18,37H,5,7,11-15H2,1H3,(H,32,38)(H2,30,31,33)(H,34,35,39)/t18-/m0/s1. The number of amides is 3. The van der Waals surface area contributed by atoms with Gasteiger partial charge in [0.05, 0.1) is 27.9 Å². The minimum Gasteiger partial charge on any atom is -0.447 e. The van der Waals surface area contributed by atoms with Crippen LogP contribution >= 0.6 is 22.9 Å². The number of urea groups is 1. The van der Waals surface area contributed by atoms with Gasteiger partial charge in [0.2, 0.25) is 12.2 Å². The third kappa shape index (κ3) is 9.75. The van der Waals surface area contributed by atoms with Crippen LogP contribution in [0, 0.1) is 17.3 Å². The van der Waals surface area contributed by atoms with Gasteiger partial charge in [0.1, 0.15) is 12.4 Å². The summed E-state index contributed by atoms with van der Waals surface area (Å²) in [5.74, 6) is -0.375. The minimum atomic E-state index is -0.718. The van der Waals surface area contributed by atoms with Crippen molar-refractivity contribution in [3.63, 3.8) is 0 Å². The molecule has 0 aliphatic carbocycles. The van der Waals surface area contributed by atoms with Gasteiger partial charge < -0.3 is 30.7 Å². The maximum atomic E-state index is 13.8. The monoisotopic (exact) mass is 604 g/mol. The smallest absolute Gasteiger partial charge is 0.413 e. The van der Waals surface area contributed by atoms with E-state index >= 15 is 0 Å². The summed E-state index contributed by atoms with van der Waals surface area (Å²) in [6, 6.07) is 10.8. The first-order valence-electron chi connectivity index (χ1n) is 12.6. The van der Waals surface area contributed by atoms with E-state index in [1.165, 1.54) is 28.4 Å². The van der Waals surface area contributed by atoms with Gasteiger partial charge >= 0.3 is 12.1 Å². The van der Waals surface area contributed by atoms with Crippen LogP contribution < -0.4 is 21.3 Å². The molecule has 0 spiro atoms. The number of nitrogens with one attached hydrogen (secondary N) is 4. The number of aliphatic hydroxyl groups is 1. The Balaban J connectivity index is 1.60. The van der Waals surface area contributed by atoms with Crippen molar-refractivity contribution in [2.75, 3.05) is 38.7 Å². The van der Waals surface area contributed by atoms with Crippen LogP contribution in [-0.2, 0) is 11.3 Å². The van der Waals surface area contributed by atoms with Crippen molar-refractivity contribution in [3.8, 4) is 6.19 Å². The molecule has 2 aromatic carbocycles. The van der Waals surface area contributed by atoms with E-state index < -0.39 is 24.0 Å². The zero-order valence-corrected chi connectivity index (χ0v) is 23.8. The summed E-state index contributed by atoms with van der Waals surface area (Å²) in [6.07, 6.45) is 1.87. The molecule has 1 aromatic heterocycles. The van der Waals surface area contributed by atoms with E-state index in [2.05, 4.69) is 31.2 Å². The van der Waals surface area contributed by atoms with Gasteiger partial charge in [0, 0.05) is 26.7 Å². The fourth-order valence-corrected chi connectivity index (χ4v) is 4.71. The number of rotatable bonds is 12. The second-order valence-electron chi connectivity index (χ2n) is 8.63. The maximum absolute atomic E-state index is 13.8. The Morgan fingerprint density at radius 2 is 2.00 bits per heavy atom. The predicted molar refractivity (Wildman–Crippen MR) is 155 cm³/mol. The highest BCUT2D eigenvalue weighted by molar-refractivity contribution is 7.22. The van der Waals surface area contributed by atoms with Gasteiger partial charge in [-0.1, -0.05) is 47.2 Å². The molecule has 3 amide bonds. The lowest BCUT2D eigenvalue weighted by Crippen LogP contribution is -2.46. The summed E-state index contributed by atoms with van der Waals surface area (Å²) in [5, 5.41) is 29.2. The van der Waals surface area contributed by atoms with E-state index in [1.807, 2.05) is 24.3 Å². The number of halogens is 2. The molecule has 5 N–H and O–H groups in total. The number of para-hydroxylation sites is 1. The highest BCUT2D eigenvalue weighted by Gasteiger charge is 2.22. The van der Waals surface area contributed by atoms with Gasteiger partial charge in [-0.2, -0.15) is 5.26 Å².